The third kappa shape index (κ3) is 2.65. The van der Waals surface area contributed by atoms with Crippen molar-refractivity contribution >= 4 is 23.2 Å². The number of hydrogen-bond donors (Lipinski definition) is 1. The molecule has 100 valence electrons. The van der Waals surface area contributed by atoms with Crippen LogP contribution in [0.1, 0.15) is 16.1 Å². The molecule has 0 spiro atoms. The monoisotopic (exact) mass is 285 g/mol. The minimum Gasteiger partial charge on any atom is -0.347 e. The topological polar surface area (TPSA) is 46.4 Å². The van der Waals surface area contributed by atoms with Crippen molar-refractivity contribution < 1.29 is 4.79 Å². The molecule has 0 saturated carbocycles. The van der Waals surface area contributed by atoms with Crippen LogP contribution in [0.3, 0.4) is 0 Å². The van der Waals surface area contributed by atoms with Gasteiger partial charge in [-0.25, -0.2) is 4.98 Å². The minimum absolute atomic E-state index is 0.200. The molecule has 3 aromatic rings. The maximum absolute atomic E-state index is 12.1. The first-order valence-corrected chi connectivity index (χ1v) is 6.56. The summed E-state index contributed by atoms with van der Waals surface area (Å²) in [6.45, 7) is 0.424. The van der Waals surface area contributed by atoms with E-state index in [9.17, 15) is 4.79 Å². The summed E-state index contributed by atoms with van der Waals surface area (Å²) in [6, 6.07) is 13.0. The number of fused-ring (bicyclic) bond motifs is 1. The zero-order valence-electron chi connectivity index (χ0n) is 10.6. The van der Waals surface area contributed by atoms with Crippen molar-refractivity contribution in [3.63, 3.8) is 0 Å². The highest BCUT2D eigenvalue weighted by atomic mass is 35.5. The van der Waals surface area contributed by atoms with Crippen molar-refractivity contribution in [2.75, 3.05) is 0 Å². The van der Waals surface area contributed by atoms with Gasteiger partial charge in [-0.2, -0.15) is 0 Å². The zero-order valence-corrected chi connectivity index (χ0v) is 11.3. The van der Waals surface area contributed by atoms with Crippen LogP contribution in [0.15, 0.2) is 54.9 Å². The Balaban J connectivity index is 1.73. The smallest absolute Gasteiger partial charge is 0.271 e. The van der Waals surface area contributed by atoms with Crippen LogP contribution in [0.2, 0.25) is 5.02 Å². The van der Waals surface area contributed by atoms with Crippen LogP contribution in [0.4, 0.5) is 0 Å². The van der Waals surface area contributed by atoms with E-state index in [2.05, 4.69) is 10.3 Å². The van der Waals surface area contributed by atoms with Crippen molar-refractivity contribution in [3.8, 4) is 0 Å². The third-order valence-corrected chi connectivity index (χ3v) is 3.17. The SMILES string of the molecule is O=C(NCc1cccc(Cl)c1)c1cn2ccccc2n1. The number of aromatic nitrogens is 2. The molecule has 0 aliphatic carbocycles. The Morgan fingerprint density at radius 1 is 1.25 bits per heavy atom. The molecule has 3 rings (SSSR count). The van der Waals surface area contributed by atoms with E-state index in [1.807, 2.05) is 47.0 Å². The van der Waals surface area contributed by atoms with Gasteiger partial charge in [0.25, 0.3) is 5.91 Å². The quantitative estimate of drug-likeness (QED) is 0.804. The fraction of sp³-hybridized carbons (Fsp3) is 0.0667. The second-order valence-corrected chi connectivity index (χ2v) is 4.84. The Morgan fingerprint density at radius 2 is 2.15 bits per heavy atom. The number of amides is 1. The molecule has 1 aromatic carbocycles. The van der Waals surface area contributed by atoms with Gasteiger partial charge in [0.05, 0.1) is 0 Å². The molecule has 20 heavy (non-hydrogen) atoms. The summed E-state index contributed by atoms with van der Waals surface area (Å²) < 4.78 is 1.81. The molecule has 0 saturated heterocycles. The van der Waals surface area contributed by atoms with Crippen molar-refractivity contribution in [1.82, 2.24) is 14.7 Å². The third-order valence-electron chi connectivity index (χ3n) is 2.94. The first-order chi connectivity index (χ1) is 9.72. The average Bonchev–Trinajstić information content (AvgIpc) is 2.89. The van der Waals surface area contributed by atoms with Gasteiger partial charge in [-0.1, -0.05) is 29.8 Å². The number of carbonyl (C=O) groups is 1. The van der Waals surface area contributed by atoms with Gasteiger partial charge in [0.2, 0.25) is 0 Å². The molecule has 0 aliphatic rings. The van der Waals surface area contributed by atoms with E-state index in [1.54, 1.807) is 12.3 Å². The molecule has 1 N–H and O–H groups in total. The molecule has 2 aromatic heterocycles. The number of rotatable bonds is 3. The Hall–Kier alpha value is -2.33. The van der Waals surface area contributed by atoms with Gasteiger partial charge in [-0.05, 0) is 29.8 Å². The molecule has 0 radical (unpaired) electrons. The van der Waals surface area contributed by atoms with Crippen LogP contribution in [-0.2, 0) is 6.54 Å². The molecule has 0 unspecified atom stereocenters. The highest BCUT2D eigenvalue weighted by molar-refractivity contribution is 6.30. The number of halogens is 1. The average molecular weight is 286 g/mol. The van der Waals surface area contributed by atoms with Crippen LogP contribution < -0.4 is 5.32 Å². The predicted molar refractivity (Wildman–Crippen MR) is 77.8 cm³/mol. The Bertz CT molecular complexity index is 733. The van der Waals surface area contributed by atoms with Crippen molar-refractivity contribution in [2.45, 2.75) is 6.54 Å². The Kier molecular flexibility index (Phi) is 3.39. The van der Waals surface area contributed by atoms with Crippen LogP contribution in [0.25, 0.3) is 5.65 Å². The van der Waals surface area contributed by atoms with Gasteiger partial charge in [0.15, 0.2) is 0 Å². The second kappa shape index (κ2) is 5.35. The zero-order chi connectivity index (χ0) is 13.9. The lowest BCUT2D eigenvalue weighted by Crippen LogP contribution is -2.23. The lowest BCUT2D eigenvalue weighted by molar-refractivity contribution is 0.0946. The van der Waals surface area contributed by atoms with Crippen LogP contribution in [0, 0.1) is 0 Å². The highest BCUT2D eigenvalue weighted by Gasteiger charge is 2.09. The Morgan fingerprint density at radius 3 is 2.95 bits per heavy atom. The number of nitrogens with zero attached hydrogens (tertiary/aromatic N) is 2. The number of pyridine rings is 1. The fourth-order valence-electron chi connectivity index (χ4n) is 1.96. The molecule has 2 heterocycles. The Labute approximate surface area is 121 Å². The van der Waals surface area contributed by atoms with Crippen LogP contribution in [0.5, 0.6) is 0 Å². The van der Waals surface area contributed by atoms with Gasteiger partial charge in [0, 0.05) is 24.0 Å². The molecule has 5 heteroatoms. The molecule has 0 fully saturated rings. The lowest BCUT2D eigenvalue weighted by Gasteiger charge is -2.03. The molecule has 0 bridgehead atoms. The van der Waals surface area contributed by atoms with Gasteiger partial charge in [-0.3, -0.25) is 4.79 Å². The normalized spacial score (nSPS) is 10.7. The molecule has 0 atom stereocenters. The van der Waals surface area contributed by atoms with Gasteiger partial charge in [-0.15, -0.1) is 0 Å². The number of nitrogens with one attached hydrogen (secondary N) is 1. The van der Waals surface area contributed by atoms with Crippen molar-refractivity contribution in [3.05, 3.63) is 71.1 Å². The minimum atomic E-state index is -0.200. The summed E-state index contributed by atoms with van der Waals surface area (Å²) in [5.41, 5.74) is 2.10. The first-order valence-electron chi connectivity index (χ1n) is 6.19. The van der Waals surface area contributed by atoms with Crippen molar-refractivity contribution in [1.29, 1.82) is 0 Å². The van der Waals surface area contributed by atoms with E-state index in [0.717, 1.165) is 11.2 Å². The lowest BCUT2D eigenvalue weighted by atomic mass is 10.2. The largest absolute Gasteiger partial charge is 0.347 e. The van der Waals surface area contributed by atoms with E-state index >= 15 is 0 Å². The summed E-state index contributed by atoms with van der Waals surface area (Å²) >= 11 is 5.90. The van der Waals surface area contributed by atoms with Gasteiger partial charge in [0.1, 0.15) is 11.3 Å². The number of benzene rings is 1. The van der Waals surface area contributed by atoms with Crippen LogP contribution in [-0.4, -0.2) is 15.3 Å². The fourth-order valence-corrected chi connectivity index (χ4v) is 2.18. The summed E-state index contributed by atoms with van der Waals surface area (Å²) in [7, 11) is 0. The summed E-state index contributed by atoms with van der Waals surface area (Å²) in [5, 5.41) is 3.49. The van der Waals surface area contributed by atoms with E-state index in [-0.39, 0.29) is 5.91 Å². The summed E-state index contributed by atoms with van der Waals surface area (Å²) in [6.07, 6.45) is 3.57. The predicted octanol–water partition coefficient (Wildman–Crippen LogP) is 2.92. The highest BCUT2D eigenvalue weighted by Crippen LogP contribution is 2.10. The van der Waals surface area contributed by atoms with E-state index < -0.39 is 0 Å². The number of carbonyl (C=O) groups excluding carboxylic acids is 1. The second-order valence-electron chi connectivity index (χ2n) is 4.40. The van der Waals surface area contributed by atoms with Gasteiger partial charge >= 0.3 is 0 Å². The maximum Gasteiger partial charge on any atom is 0.271 e. The molecule has 1 amide bonds. The van der Waals surface area contributed by atoms with Gasteiger partial charge < -0.3 is 9.72 Å². The summed E-state index contributed by atoms with van der Waals surface area (Å²) in [5.74, 6) is -0.200. The number of hydrogen-bond acceptors (Lipinski definition) is 2. The van der Waals surface area contributed by atoms with Crippen LogP contribution >= 0.6 is 11.6 Å². The maximum atomic E-state index is 12.1. The number of imidazole rings is 1. The van der Waals surface area contributed by atoms with Crippen molar-refractivity contribution in [2.24, 2.45) is 0 Å². The molecular weight excluding hydrogens is 274 g/mol. The summed E-state index contributed by atoms with van der Waals surface area (Å²) in [4.78, 5) is 16.3. The molecule has 0 aliphatic heterocycles. The van der Waals surface area contributed by atoms with E-state index in [1.165, 1.54) is 0 Å². The first kappa shape index (κ1) is 12.7. The molecule has 4 nitrogen and oxygen atoms in total. The van der Waals surface area contributed by atoms with E-state index in [4.69, 9.17) is 11.6 Å². The molecular formula is C15H12ClN3O. The standard InChI is InChI=1S/C15H12ClN3O/c16-12-5-3-4-11(8-12)9-17-15(20)13-10-19-7-2-1-6-14(19)18-13/h1-8,10H,9H2,(H,17,20). The van der Waals surface area contributed by atoms with E-state index in [0.29, 0.717) is 17.3 Å².